The normalized spacial score (nSPS) is 13.5. The minimum atomic E-state index is -3.29. The molecule has 0 aliphatic heterocycles. The average Bonchev–Trinajstić information content (AvgIpc) is 2.67. The van der Waals surface area contributed by atoms with Gasteiger partial charge in [-0.2, -0.15) is 0 Å². The maximum Gasteiger partial charge on any atom is 0.274 e. The SMILES string of the molecule is C=C(NC(C)(C)C)c1c(/C=C(\C)Nc2cc(C(O)C(C)(F)F)ccn2)ccn(CCO)c1=O. The third-order valence-electron chi connectivity index (χ3n) is 4.64. The molecule has 0 saturated carbocycles. The second-order valence-electron chi connectivity index (χ2n) is 9.01. The summed E-state index contributed by atoms with van der Waals surface area (Å²) in [5.74, 6) is -3.02. The van der Waals surface area contributed by atoms with Gasteiger partial charge in [-0.1, -0.05) is 6.58 Å². The van der Waals surface area contributed by atoms with Crippen molar-refractivity contribution in [2.24, 2.45) is 0 Å². The summed E-state index contributed by atoms with van der Waals surface area (Å²) in [5, 5.41) is 25.3. The zero-order valence-corrected chi connectivity index (χ0v) is 19.6. The number of pyridine rings is 2. The Kier molecular flexibility index (Phi) is 8.16. The molecule has 0 amide bonds. The smallest absolute Gasteiger partial charge is 0.274 e. The molecule has 0 aromatic carbocycles. The van der Waals surface area contributed by atoms with E-state index in [-0.39, 0.29) is 35.6 Å². The first-order chi connectivity index (χ1) is 15.2. The van der Waals surface area contributed by atoms with Crippen LogP contribution in [0.15, 0.2) is 47.7 Å². The van der Waals surface area contributed by atoms with Crippen molar-refractivity contribution in [3.8, 4) is 0 Å². The fourth-order valence-corrected chi connectivity index (χ4v) is 3.26. The van der Waals surface area contributed by atoms with E-state index in [1.54, 1.807) is 25.3 Å². The summed E-state index contributed by atoms with van der Waals surface area (Å²) in [7, 11) is 0. The molecule has 0 aliphatic rings. The molecule has 2 aromatic rings. The first kappa shape index (κ1) is 26.2. The summed E-state index contributed by atoms with van der Waals surface area (Å²) in [6, 6.07) is 4.41. The lowest BCUT2D eigenvalue weighted by Crippen LogP contribution is -2.37. The molecule has 1 atom stereocenters. The van der Waals surface area contributed by atoms with Gasteiger partial charge in [0.05, 0.1) is 12.2 Å². The number of hydrogen-bond donors (Lipinski definition) is 4. The Morgan fingerprint density at radius 2 is 1.97 bits per heavy atom. The number of aliphatic hydroxyl groups excluding tert-OH is 2. The number of anilines is 1. The van der Waals surface area contributed by atoms with Gasteiger partial charge in [-0.15, -0.1) is 0 Å². The highest BCUT2D eigenvalue weighted by Crippen LogP contribution is 2.31. The molecule has 0 saturated heterocycles. The molecule has 2 heterocycles. The molecule has 4 N–H and O–H groups in total. The van der Waals surface area contributed by atoms with Gasteiger partial charge < -0.3 is 25.4 Å². The molecule has 0 bridgehead atoms. The van der Waals surface area contributed by atoms with Crippen LogP contribution in [0.2, 0.25) is 0 Å². The summed E-state index contributed by atoms with van der Waals surface area (Å²) in [4.78, 5) is 17.2. The van der Waals surface area contributed by atoms with Gasteiger partial charge in [0.1, 0.15) is 11.9 Å². The van der Waals surface area contributed by atoms with Crippen LogP contribution in [0.5, 0.6) is 0 Å². The van der Waals surface area contributed by atoms with Gasteiger partial charge in [0, 0.05) is 42.8 Å². The monoisotopic (exact) mass is 462 g/mol. The molecule has 0 spiro atoms. The molecule has 0 fully saturated rings. The number of nitrogens with one attached hydrogen (secondary N) is 2. The van der Waals surface area contributed by atoms with Crippen molar-refractivity contribution in [1.29, 1.82) is 0 Å². The van der Waals surface area contributed by atoms with Crippen LogP contribution in [0, 0.1) is 0 Å². The van der Waals surface area contributed by atoms with Gasteiger partial charge >= 0.3 is 0 Å². The summed E-state index contributed by atoms with van der Waals surface area (Å²) in [6.07, 6.45) is 2.68. The number of allylic oxidation sites excluding steroid dienone is 1. The highest BCUT2D eigenvalue weighted by atomic mass is 19.3. The second-order valence-corrected chi connectivity index (χ2v) is 9.01. The Hall–Kier alpha value is -3.04. The van der Waals surface area contributed by atoms with Crippen LogP contribution in [0.4, 0.5) is 14.6 Å². The Morgan fingerprint density at radius 3 is 2.55 bits per heavy atom. The molecule has 9 heteroatoms. The van der Waals surface area contributed by atoms with Crippen molar-refractivity contribution in [2.75, 3.05) is 11.9 Å². The maximum absolute atomic E-state index is 13.5. The van der Waals surface area contributed by atoms with Crippen molar-refractivity contribution in [2.45, 2.75) is 58.7 Å². The molecular formula is C24H32F2N4O3. The highest BCUT2D eigenvalue weighted by Gasteiger charge is 2.33. The van der Waals surface area contributed by atoms with Crippen LogP contribution in [0.25, 0.3) is 11.8 Å². The lowest BCUT2D eigenvalue weighted by Gasteiger charge is -2.25. The predicted octanol–water partition coefficient (Wildman–Crippen LogP) is 3.76. The van der Waals surface area contributed by atoms with Crippen LogP contribution in [0.1, 0.15) is 57.4 Å². The summed E-state index contributed by atoms with van der Waals surface area (Å²) in [5.41, 5.74) is 1.35. The minimum Gasteiger partial charge on any atom is -0.395 e. The summed E-state index contributed by atoms with van der Waals surface area (Å²) in [6.45, 7) is 12.2. The Balaban J connectivity index is 2.42. The molecule has 0 aliphatic carbocycles. The van der Waals surface area contributed by atoms with E-state index < -0.39 is 12.0 Å². The summed E-state index contributed by atoms with van der Waals surface area (Å²) < 4.78 is 28.4. The predicted molar refractivity (Wildman–Crippen MR) is 127 cm³/mol. The molecule has 7 nitrogen and oxygen atoms in total. The van der Waals surface area contributed by atoms with Crippen molar-refractivity contribution < 1.29 is 19.0 Å². The van der Waals surface area contributed by atoms with Crippen LogP contribution >= 0.6 is 0 Å². The third-order valence-corrected chi connectivity index (χ3v) is 4.64. The van der Waals surface area contributed by atoms with Gasteiger partial charge in [-0.25, -0.2) is 13.8 Å². The van der Waals surface area contributed by atoms with Gasteiger partial charge in [0.15, 0.2) is 0 Å². The zero-order chi connectivity index (χ0) is 25.0. The molecular weight excluding hydrogens is 430 g/mol. The van der Waals surface area contributed by atoms with E-state index in [0.717, 1.165) is 0 Å². The number of aromatic nitrogens is 2. The van der Waals surface area contributed by atoms with E-state index in [4.69, 9.17) is 0 Å². The Labute approximate surface area is 192 Å². The van der Waals surface area contributed by atoms with E-state index in [1.807, 2.05) is 20.8 Å². The first-order valence-electron chi connectivity index (χ1n) is 10.5. The van der Waals surface area contributed by atoms with Crippen molar-refractivity contribution in [3.63, 3.8) is 0 Å². The number of halogens is 2. The molecule has 0 radical (unpaired) electrons. The van der Waals surface area contributed by atoms with Gasteiger partial charge in [0.25, 0.3) is 11.5 Å². The Morgan fingerprint density at radius 1 is 1.30 bits per heavy atom. The van der Waals surface area contributed by atoms with E-state index in [2.05, 4.69) is 22.2 Å². The number of alkyl halides is 2. The lowest BCUT2D eigenvalue weighted by molar-refractivity contribution is -0.0954. The highest BCUT2D eigenvalue weighted by molar-refractivity contribution is 5.73. The fraction of sp³-hybridized carbons (Fsp3) is 0.417. The van der Waals surface area contributed by atoms with Gasteiger partial charge in [-0.05, 0) is 63.1 Å². The average molecular weight is 463 g/mol. The van der Waals surface area contributed by atoms with Crippen LogP contribution in [-0.2, 0) is 6.54 Å². The van der Waals surface area contributed by atoms with Crippen molar-refractivity contribution in [1.82, 2.24) is 14.9 Å². The molecule has 1 unspecified atom stereocenters. The topological polar surface area (TPSA) is 99.4 Å². The van der Waals surface area contributed by atoms with E-state index in [0.29, 0.717) is 29.4 Å². The minimum absolute atomic E-state index is 0.0304. The van der Waals surface area contributed by atoms with Crippen LogP contribution in [0.3, 0.4) is 0 Å². The number of nitrogens with zero attached hydrogens (tertiary/aromatic N) is 2. The van der Waals surface area contributed by atoms with Crippen molar-refractivity contribution in [3.05, 3.63) is 69.9 Å². The van der Waals surface area contributed by atoms with E-state index in [9.17, 15) is 23.8 Å². The quantitative estimate of drug-likeness (QED) is 0.453. The molecule has 33 heavy (non-hydrogen) atoms. The molecule has 2 rings (SSSR count). The molecule has 180 valence electrons. The number of aliphatic hydroxyl groups is 2. The van der Waals surface area contributed by atoms with Gasteiger partial charge in [-0.3, -0.25) is 4.79 Å². The largest absolute Gasteiger partial charge is 0.395 e. The first-order valence-corrected chi connectivity index (χ1v) is 10.5. The summed E-state index contributed by atoms with van der Waals surface area (Å²) >= 11 is 0. The van der Waals surface area contributed by atoms with Crippen LogP contribution < -0.4 is 16.2 Å². The zero-order valence-electron chi connectivity index (χ0n) is 19.6. The van der Waals surface area contributed by atoms with E-state index >= 15 is 0 Å². The second kappa shape index (κ2) is 10.3. The standard InChI is InChI=1S/C24H32F2N4O3/c1-15(28-19-14-18(7-9-27-19)21(32)24(6,25)26)13-17-8-10-30(11-12-31)22(33)20(17)16(2)29-23(3,4)5/h7-10,13-14,21,29,31-32H,2,11-12H2,1,3-6H3,(H,27,28)/b15-13+. The Bertz CT molecular complexity index is 1080. The molecule has 2 aromatic heterocycles. The van der Waals surface area contributed by atoms with E-state index in [1.165, 1.54) is 22.9 Å². The lowest BCUT2D eigenvalue weighted by atomic mass is 10.0. The maximum atomic E-state index is 13.5. The van der Waals surface area contributed by atoms with Crippen LogP contribution in [-0.4, -0.2) is 37.8 Å². The third kappa shape index (κ3) is 7.23. The number of rotatable bonds is 9. The number of hydrogen-bond acceptors (Lipinski definition) is 6. The fourth-order valence-electron chi connectivity index (χ4n) is 3.26. The van der Waals surface area contributed by atoms with Crippen molar-refractivity contribution >= 4 is 17.6 Å². The van der Waals surface area contributed by atoms with Gasteiger partial charge in [0.2, 0.25) is 0 Å².